The molecule has 2 heteroatoms. The Morgan fingerprint density at radius 3 is 2.36 bits per heavy atom. The topological polar surface area (TPSA) is 24.1 Å². The van der Waals surface area contributed by atoms with Crippen LogP contribution in [0.2, 0.25) is 0 Å². The number of hydrogen-bond donors (Lipinski definition) is 2. The van der Waals surface area contributed by atoms with Crippen molar-refractivity contribution in [1.82, 2.24) is 0 Å². The molecule has 126 valence electrons. The third-order valence-corrected chi connectivity index (χ3v) is 5.29. The van der Waals surface area contributed by atoms with Gasteiger partial charge in [-0.25, -0.2) is 0 Å². The zero-order chi connectivity index (χ0) is 17.4. The smallest absolute Gasteiger partial charge is 0.0606 e. The molecule has 3 aromatic carbocycles. The third-order valence-electron chi connectivity index (χ3n) is 5.29. The number of rotatable bonds is 3. The van der Waals surface area contributed by atoms with Crippen LogP contribution in [0, 0.1) is 6.92 Å². The number of anilines is 3. The minimum absolute atomic E-state index is 0.0535. The maximum absolute atomic E-state index is 3.74. The lowest BCUT2D eigenvalue weighted by atomic mass is 9.78. The summed E-state index contributed by atoms with van der Waals surface area (Å²) in [6.07, 6.45) is 0. The second-order valence-electron chi connectivity index (χ2n) is 7.41. The zero-order valence-electron chi connectivity index (χ0n) is 15.0. The summed E-state index contributed by atoms with van der Waals surface area (Å²) in [5, 5.41) is 7.29. The molecule has 1 unspecified atom stereocenters. The highest BCUT2D eigenvalue weighted by Gasteiger charge is 2.40. The monoisotopic (exact) mass is 328 g/mol. The molecule has 2 N–H and O–H groups in total. The normalized spacial score (nSPS) is 17.6. The molecule has 0 spiro atoms. The fourth-order valence-electron chi connectivity index (χ4n) is 3.81. The molecule has 2 nitrogen and oxygen atoms in total. The van der Waals surface area contributed by atoms with Gasteiger partial charge in [0.15, 0.2) is 0 Å². The number of fused-ring (bicyclic) bond motifs is 1. The molecule has 4 rings (SSSR count). The van der Waals surface area contributed by atoms with E-state index in [1.165, 1.54) is 22.4 Å². The number of para-hydroxylation sites is 1. The van der Waals surface area contributed by atoms with Crippen molar-refractivity contribution < 1.29 is 0 Å². The van der Waals surface area contributed by atoms with Crippen LogP contribution >= 0.6 is 0 Å². The highest BCUT2D eigenvalue weighted by atomic mass is 15.0. The first-order valence-corrected chi connectivity index (χ1v) is 8.84. The maximum atomic E-state index is 3.74. The molecule has 25 heavy (non-hydrogen) atoms. The Morgan fingerprint density at radius 1 is 0.880 bits per heavy atom. The first-order chi connectivity index (χ1) is 12.1. The Morgan fingerprint density at radius 2 is 1.60 bits per heavy atom. The molecule has 0 radical (unpaired) electrons. The highest BCUT2D eigenvalue weighted by molar-refractivity contribution is 5.72. The van der Waals surface area contributed by atoms with Crippen molar-refractivity contribution in [2.75, 3.05) is 10.6 Å². The number of nitrogens with one attached hydrogen (secondary N) is 2. The van der Waals surface area contributed by atoms with Gasteiger partial charge in [-0.1, -0.05) is 68.4 Å². The molecule has 0 saturated carbocycles. The summed E-state index contributed by atoms with van der Waals surface area (Å²) >= 11 is 0. The van der Waals surface area contributed by atoms with Gasteiger partial charge in [-0.05, 0) is 41.8 Å². The van der Waals surface area contributed by atoms with Crippen molar-refractivity contribution in [3.05, 3.63) is 89.5 Å². The Balaban J connectivity index is 1.66. The molecule has 1 aliphatic heterocycles. The van der Waals surface area contributed by atoms with Crippen LogP contribution < -0.4 is 10.6 Å². The molecule has 0 fully saturated rings. The number of aryl methyl sites for hydroxylation is 1. The second-order valence-corrected chi connectivity index (χ2v) is 7.41. The fraction of sp³-hybridized carbons (Fsp3) is 0.217. The van der Waals surface area contributed by atoms with Gasteiger partial charge in [-0.3, -0.25) is 0 Å². The molecular formula is C23H24N2. The Hall–Kier alpha value is -2.74. The summed E-state index contributed by atoms with van der Waals surface area (Å²) in [6.45, 7) is 6.76. The van der Waals surface area contributed by atoms with Crippen molar-refractivity contribution in [1.29, 1.82) is 0 Å². The van der Waals surface area contributed by atoms with E-state index in [-0.39, 0.29) is 11.5 Å². The van der Waals surface area contributed by atoms with Crippen LogP contribution in [0.1, 0.15) is 36.6 Å². The predicted octanol–water partition coefficient (Wildman–Crippen LogP) is 6.18. The first kappa shape index (κ1) is 15.8. The maximum Gasteiger partial charge on any atom is 0.0606 e. The molecule has 0 aliphatic carbocycles. The van der Waals surface area contributed by atoms with Gasteiger partial charge in [0.1, 0.15) is 0 Å². The molecule has 1 aliphatic rings. The van der Waals surface area contributed by atoms with Crippen molar-refractivity contribution in [3.63, 3.8) is 0 Å². The highest BCUT2D eigenvalue weighted by Crippen LogP contribution is 2.49. The zero-order valence-corrected chi connectivity index (χ0v) is 15.0. The fourth-order valence-corrected chi connectivity index (χ4v) is 3.81. The predicted molar refractivity (Wildman–Crippen MR) is 107 cm³/mol. The molecule has 0 saturated heterocycles. The summed E-state index contributed by atoms with van der Waals surface area (Å²) in [7, 11) is 0. The van der Waals surface area contributed by atoms with Crippen LogP contribution in [0.15, 0.2) is 72.8 Å². The summed E-state index contributed by atoms with van der Waals surface area (Å²) in [4.78, 5) is 0. The van der Waals surface area contributed by atoms with Crippen molar-refractivity contribution >= 4 is 17.1 Å². The first-order valence-electron chi connectivity index (χ1n) is 8.84. The molecule has 1 atom stereocenters. The van der Waals surface area contributed by atoms with Crippen LogP contribution in [0.25, 0.3) is 0 Å². The van der Waals surface area contributed by atoms with E-state index in [0.29, 0.717) is 0 Å². The van der Waals surface area contributed by atoms with Crippen LogP contribution in [0.5, 0.6) is 0 Å². The lowest BCUT2D eigenvalue weighted by Gasteiger charge is -2.28. The van der Waals surface area contributed by atoms with E-state index in [1.807, 2.05) is 0 Å². The summed E-state index contributed by atoms with van der Waals surface area (Å²) < 4.78 is 0. The van der Waals surface area contributed by atoms with Crippen LogP contribution in [-0.4, -0.2) is 0 Å². The summed E-state index contributed by atoms with van der Waals surface area (Å²) in [5.74, 6) is 0. The van der Waals surface area contributed by atoms with Crippen molar-refractivity contribution in [3.8, 4) is 0 Å². The second kappa shape index (κ2) is 5.96. The van der Waals surface area contributed by atoms with Gasteiger partial charge in [0.25, 0.3) is 0 Å². The van der Waals surface area contributed by atoms with Gasteiger partial charge in [0, 0.05) is 22.5 Å². The molecule has 1 heterocycles. The van der Waals surface area contributed by atoms with Gasteiger partial charge in [0.05, 0.1) is 6.04 Å². The van der Waals surface area contributed by atoms with Crippen molar-refractivity contribution in [2.24, 2.45) is 0 Å². The molecule has 0 amide bonds. The van der Waals surface area contributed by atoms with Gasteiger partial charge < -0.3 is 10.6 Å². The van der Waals surface area contributed by atoms with Crippen LogP contribution in [-0.2, 0) is 5.41 Å². The van der Waals surface area contributed by atoms with Gasteiger partial charge in [-0.2, -0.15) is 0 Å². The average Bonchev–Trinajstić information content (AvgIpc) is 2.88. The number of hydrogen-bond acceptors (Lipinski definition) is 2. The minimum atomic E-state index is 0.0535. The lowest BCUT2D eigenvalue weighted by molar-refractivity contribution is 0.474. The molecule has 0 bridgehead atoms. The van der Waals surface area contributed by atoms with E-state index < -0.39 is 0 Å². The van der Waals surface area contributed by atoms with Crippen molar-refractivity contribution in [2.45, 2.75) is 32.2 Å². The lowest BCUT2D eigenvalue weighted by Crippen LogP contribution is -2.25. The number of benzene rings is 3. The largest absolute Gasteiger partial charge is 0.377 e. The van der Waals surface area contributed by atoms with E-state index in [1.54, 1.807) is 0 Å². The van der Waals surface area contributed by atoms with Crippen LogP contribution in [0.4, 0.5) is 17.1 Å². The SMILES string of the molecule is Cc1ccccc1Nc1ccc2c(c1)NC(c1ccccc1)C2(C)C. The van der Waals surface area contributed by atoms with E-state index in [0.717, 1.165) is 11.4 Å². The third kappa shape index (κ3) is 2.78. The Labute approximate surface area is 149 Å². The molecule has 0 aromatic heterocycles. The summed E-state index contributed by atoms with van der Waals surface area (Å²) in [6, 6.07) is 26.0. The quantitative estimate of drug-likeness (QED) is 0.599. The molecular weight excluding hydrogens is 304 g/mol. The van der Waals surface area contributed by atoms with Crippen LogP contribution in [0.3, 0.4) is 0 Å². The summed E-state index contributed by atoms with van der Waals surface area (Å²) in [5.41, 5.74) is 7.49. The Bertz CT molecular complexity index is 897. The van der Waals surface area contributed by atoms with E-state index >= 15 is 0 Å². The molecule has 3 aromatic rings. The van der Waals surface area contributed by atoms with E-state index in [4.69, 9.17) is 0 Å². The van der Waals surface area contributed by atoms with E-state index in [2.05, 4.69) is 104 Å². The minimum Gasteiger partial charge on any atom is -0.377 e. The van der Waals surface area contributed by atoms with Gasteiger partial charge in [0.2, 0.25) is 0 Å². The van der Waals surface area contributed by atoms with E-state index in [9.17, 15) is 0 Å². The van der Waals surface area contributed by atoms with Gasteiger partial charge >= 0.3 is 0 Å². The Kier molecular flexibility index (Phi) is 3.76. The van der Waals surface area contributed by atoms with Gasteiger partial charge in [-0.15, -0.1) is 0 Å². The standard InChI is InChI=1S/C23H24N2/c1-16-9-7-8-12-20(16)24-18-13-14-19-21(15-18)25-22(23(19,2)3)17-10-5-4-6-11-17/h4-15,22,24-25H,1-3H3. The average molecular weight is 328 g/mol.